The monoisotopic (exact) mass is 253 g/mol. The second-order valence-corrected chi connectivity index (χ2v) is 6.15. The molecule has 1 atom stereocenters. The van der Waals surface area contributed by atoms with Crippen LogP contribution in [-0.2, 0) is 4.79 Å². The standard InChI is InChI=1S/C14H27N3O/c1-3-16-14(2,13(15)18)8-9-17(12-6-7-12)10-11-4-5-11/h11-12,16H,3-10H2,1-2H3,(H2,15,18). The Bertz CT molecular complexity index is 299. The fourth-order valence-electron chi connectivity index (χ4n) is 2.55. The highest BCUT2D eigenvalue weighted by molar-refractivity contribution is 5.84. The minimum Gasteiger partial charge on any atom is -0.368 e. The number of nitrogens with one attached hydrogen (secondary N) is 1. The van der Waals surface area contributed by atoms with Crippen LogP contribution >= 0.6 is 0 Å². The molecule has 0 aromatic rings. The molecule has 0 aromatic carbocycles. The van der Waals surface area contributed by atoms with Crippen LogP contribution in [0.2, 0.25) is 0 Å². The van der Waals surface area contributed by atoms with Gasteiger partial charge in [-0.25, -0.2) is 0 Å². The minimum atomic E-state index is -0.550. The molecule has 2 saturated carbocycles. The average molecular weight is 253 g/mol. The quantitative estimate of drug-likeness (QED) is 0.647. The molecule has 0 radical (unpaired) electrons. The molecule has 0 spiro atoms. The fraction of sp³-hybridized carbons (Fsp3) is 0.929. The van der Waals surface area contributed by atoms with E-state index >= 15 is 0 Å². The van der Waals surface area contributed by atoms with E-state index in [0.717, 1.165) is 31.5 Å². The van der Waals surface area contributed by atoms with Crippen molar-refractivity contribution in [2.45, 2.75) is 57.5 Å². The summed E-state index contributed by atoms with van der Waals surface area (Å²) in [6.07, 6.45) is 6.27. The Kier molecular flexibility index (Phi) is 4.28. The Labute approximate surface area is 110 Å². The van der Waals surface area contributed by atoms with Gasteiger partial charge in [0.25, 0.3) is 0 Å². The summed E-state index contributed by atoms with van der Waals surface area (Å²) in [6, 6.07) is 0.782. The van der Waals surface area contributed by atoms with Crippen molar-refractivity contribution in [1.29, 1.82) is 0 Å². The van der Waals surface area contributed by atoms with E-state index in [-0.39, 0.29) is 5.91 Å². The first kappa shape index (κ1) is 13.8. The van der Waals surface area contributed by atoms with E-state index in [4.69, 9.17) is 5.73 Å². The van der Waals surface area contributed by atoms with Gasteiger partial charge in [-0.15, -0.1) is 0 Å². The molecule has 2 aliphatic carbocycles. The van der Waals surface area contributed by atoms with Gasteiger partial charge in [-0.2, -0.15) is 0 Å². The zero-order chi connectivity index (χ0) is 13.2. The van der Waals surface area contributed by atoms with Crippen LogP contribution in [0, 0.1) is 5.92 Å². The smallest absolute Gasteiger partial charge is 0.237 e. The van der Waals surface area contributed by atoms with Crippen molar-refractivity contribution in [1.82, 2.24) is 10.2 Å². The van der Waals surface area contributed by atoms with Crippen molar-refractivity contribution in [2.24, 2.45) is 11.7 Å². The number of likely N-dealkylation sites (N-methyl/N-ethyl adjacent to an activating group) is 1. The Morgan fingerprint density at radius 1 is 1.39 bits per heavy atom. The van der Waals surface area contributed by atoms with Crippen LogP contribution in [0.4, 0.5) is 0 Å². The van der Waals surface area contributed by atoms with Gasteiger partial charge in [0.2, 0.25) is 5.91 Å². The fourth-order valence-corrected chi connectivity index (χ4v) is 2.55. The van der Waals surface area contributed by atoms with E-state index in [2.05, 4.69) is 10.2 Å². The predicted molar refractivity (Wildman–Crippen MR) is 73.2 cm³/mol. The summed E-state index contributed by atoms with van der Waals surface area (Å²) in [6.45, 7) is 6.95. The number of carbonyl (C=O) groups excluding carboxylic acids is 1. The van der Waals surface area contributed by atoms with Crippen molar-refractivity contribution in [3.63, 3.8) is 0 Å². The number of rotatable bonds is 9. The molecule has 1 amide bonds. The van der Waals surface area contributed by atoms with Crippen molar-refractivity contribution in [3.8, 4) is 0 Å². The van der Waals surface area contributed by atoms with Crippen LogP contribution in [0.15, 0.2) is 0 Å². The molecular weight excluding hydrogens is 226 g/mol. The second kappa shape index (κ2) is 5.57. The maximum atomic E-state index is 11.6. The molecule has 0 saturated heterocycles. The van der Waals surface area contributed by atoms with Crippen LogP contribution < -0.4 is 11.1 Å². The molecule has 4 nitrogen and oxygen atoms in total. The SMILES string of the molecule is CCNC(C)(CCN(CC1CC1)C1CC1)C(N)=O. The molecule has 2 fully saturated rings. The Balaban J connectivity index is 1.83. The number of nitrogens with zero attached hydrogens (tertiary/aromatic N) is 1. The average Bonchev–Trinajstić information content (AvgIpc) is 3.14. The highest BCUT2D eigenvalue weighted by Crippen LogP contribution is 2.35. The van der Waals surface area contributed by atoms with Gasteiger partial charge in [-0.3, -0.25) is 4.79 Å². The molecule has 104 valence electrons. The van der Waals surface area contributed by atoms with Crippen LogP contribution in [0.5, 0.6) is 0 Å². The summed E-state index contributed by atoms with van der Waals surface area (Å²) in [4.78, 5) is 14.2. The molecule has 2 rings (SSSR count). The van der Waals surface area contributed by atoms with Gasteiger partial charge in [0.05, 0.1) is 5.54 Å². The number of amides is 1. The number of nitrogens with two attached hydrogens (primary N) is 1. The molecule has 0 bridgehead atoms. The number of carbonyl (C=O) groups is 1. The Morgan fingerprint density at radius 3 is 2.50 bits per heavy atom. The molecule has 0 heterocycles. The van der Waals surface area contributed by atoms with Gasteiger partial charge >= 0.3 is 0 Å². The summed E-state index contributed by atoms with van der Waals surface area (Å²) < 4.78 is 0. The summed E-state index contributed by atoms with van der Waals surface area (Å²) in [7, 11) is 0. The van der Waals surface area contributed by atoms with Crippen molar-refractivity contribution in [2.75, 3.05) is 19.6 Å². The van der Waals surface area contributed by atoms with E-state index in [1.807, 2.05) is 13.8 Å². The Hall–Kier alpha value is -0.610. The van der Waals surface area contributed by atoms with E-state index in [1.54, 1.807) is 0 Å². The van der Waals surface area contributed by atoms with E-state index in [1.165, 1.54) is 32.2 Å². The van der Waals surface area contributed by atoms with Gasteiger partial charge in [0, 0.05) is 19.1 Å². The van der Waals surface area contributed by atoms with Crippen LogP contribution in [0.1, 0.15) is 46.0 Å². The first-order chi connectivity index (χ1) is 8.55. The largest absolute Gasteiger partial charge is 0.368 e. The lowest BCUT2D eigenvalue weighted by Crippen LogP contribution is -2.54. The topological polar surface area (TPSA) is 58.4 Å². The molecule has 1 unspecified atom stereocenters. The third-order valence-corrected chi connectivity index (χ3v) is 4.26. The van der Waals surface area contributed by atoms with E-state index in [0.29, 0.717) is 0 Å². The predicted octanol–water partition coefficient (Wildman–Crippen LogP) is 1.10. The number of hydrogen-bond donors (Lipinski definition) is 2. The van der Waals surface area contributed by atoms with Gasteiger partial charge in [0.1, 0.15) is 0 Å². The van der Waals surface area contributed by atoms with Crippen molar-refractivity contribution >= 4 is 5.91 Å². The molecule has 2 aliphatic rings. The molecule has 0 aliphatic heterocycles. The van der Waals surface area contributed by atoms with Crippen molar-refractivity contribution < 1.29 is 4.79 Å². The molecular formula is C14H27N3O. The van der Waals surface area contributed by atoms with E-state index < -0.39 is 5.54 Å². The highest BCUT2D eigenvalue weighted by atomic mass is 16.1. The first-order valence-corrected chi connectivity index (χ1v) is 7.34. The maximum absolute atomic E-state index is 11.6. The number of primary amides is 1. The normalized spacial score (nSPS) is 23.1. The molecule has 4 heteroatoms. The van der Waals surface area contributed by atoms with Crippen molar-refractivity contribution in [3.05, 3.63) is 0 Å². The summed E-state index contributed by atoms with van der Waals surface area (Å²) in [5, 5.41) is 3.24. The number of hydrogen-bond acceptors (Lipinski definition) is 3. The maximum Gasteiger partial charge on any atom is 0.237 e. The van der Waals surface area contributed by atoms with Crippen LogP contribution in [0.25, 0.3) is 0 Å². The Morgan fingerprint density at radius 2 is 2.06 bits per heavy atom. The lowest BCUT2D eigenvalue weighted by molar-refractivity contribution is -0.124. The second-order valence-electron chi connectivity index (χ2n) is 6.15. The summed E-state index contributed by atoms with van der Waals surface area (Å²) >= 11 is 0. The molecule has 0 aromatic heterocycles. The third kappa shape index (κ3) is 3.69. The van der Waals surface area contributed by atoms with Crippen LogP contribution in [-0.4, -0.2) is 42.0 Å². The van der Waals surface area contributed by atoms with Gasteiger partial charge in [-0.1, -0.05) is 6.92 Å². The summed E-state index contributed by atoms with van der Waals surface area (Å²) in [5.74, 6) is 0.691. The van der Waals surface area contributed by atoms with E-state index in [9.17, 15) is 4.79 Å². The lowest BCUT2D eigenvalue weighted by atomic mass is 9.96. The molecule has 18 heavy (non-hydrogen) atoms. The van der Waals surface area contributed by atoms with Gasteiger partial charge in [0.15, 0.2) is 0 Å². The third-order valence-electron chi connectivity index (χ3n) is 4.26. The molecule has 3 N–H and O–H groups in total. The van der Waals surface area contributed by atoms with Gasteiger partial charge in [-0.05, 0) is 51.5 Å². The summed E-state index contributed by atoms with van der Waals surface area (Å²) in [5.41, 5.74) is 4.98. The first-order valence-electron chi connectivity index (χ1n) is 7.34. The minimum absolute atomic E-state index is 0.230. The van der Waals surface area contributed by atoms with Crippen LogP contribution in [0.3, 0.4) is 0 Å². The highest BCUT2D eigenvalue weighted by Gasteiger charge is 2.36. The lowest BCUT2D eigenvalue weighted by Gasteiger charge is -2.31. The zero-order valence-corrected chi connectivity index (χ0v) is 11.7. The zero-order valence-electron chi connectivity index (χ0n) is 11.7. The van der Waals surface area contributed by atoms with Gasteiger partial charge < -0.3 is 16.0 Å².